The summed E-state index contributed by atoms with van der Waals surface area (Å²) in [7, 11) is 1.57. The number of rotatable bonds is 3. The molecule has 86 valence electrons. The van der Waals surface area contributed by atoms with Crippen molar-refractivity contribution in [2.75, 3.05) is 7.11 Å². The Balaban J connectivity index is 2.67. The lowest BCUT2D eigenvalue weighted by Crippen LogP contribution is -2.23. The van der Waals surface area contributed by atoms with Crippen molar-refractivity contribution in [2.24, 2.45) is 16.0 Å². The molecular weight excluding hydrogens is 212 g/mol. The number of hydroxylamine groups is 1. The fourth-order valence-electron chi connectivity index (χ4n) is 1.01. The van der Waals surface area contributed by atoms with Crippen molar-refractivity contribution < 1.29 is 14.8 Å². The largest absolute Gasteiger partial charge is 0.719 e. The van der Waals surface area contributed by atoms with Gasteiger partial charge >= 0.3 is 5.96 Å². The second kappa shape index (κ2) is 5.54. The van der Waals surface area contributed by atoms with Crippen LogP contribution >= 0.6 is 0 Å². The van der Waals surface area contributed by atoms with Crippen LogP contribution in [-0.2, 0) is 6.54 Å². The highest BCUT2D eigenvalue weighted by atomic mass is 16.6. The van der Waals surface area contributed by atoms with Gasteiger partial charge in [0.15, 0.2) is 0 Å². The first-order chi connectivity index (χ1) is 7.67. The van der Waals surface area contributed by atoms with Crippen molar-refractivity contribution in [2.45, 2.75) is 6.54 Å². The molecule has 0 aromatic heterocycles. The van der Waals surface area contributed by atoms with Crippen LogP contribution in [0.4, 0.5) is 0 Å². The van der Waals surface area contributed by atoms with E-state index in [4.69, 9.17) is 15.7 Å². The Labute approximate surface area is 92.0 Å². The minimum atomic E-state index is -0.404. The number of ether oxygens (including phenoxy) is 1. The second-order valence-electron chi connectivity index (χ2n) is 2.88. The van der Waals surface area contributed by atoms with Crippen molar-refractivity contribution in [1.82, 2.24) is 0 Å². The number of aliphatic imine (C=N–C) groups is 1. The third kappa shape index (κ3) is 3.12. The van der Waals surface area contributed by atoms with Gasteiger partial charge in [-0.15, -0.1) is 9.85 Å². The molecule has 0 heterocycles. The Kier molecular flexibility index (Phi) is 4.07. The molecule has 1 aromatic carbocycles. The lowest BCUT2D eigenvalue weighted by atomic mass is 10.2. The topological polar surface area (TPSA) is 106 Å². The SMILES string of the molecule is COc1ccc(CN=C(N)/[N+]([O-])=N/O)cc1. The third-order valence-corrected chi connectivity index (χ3v) is 1.86. The van der Waals surface area contributed by atoms with Gasteiger partial charge in [-0.25, -0.2) is 0 Å². The summed E-state index contributed by atoms with van der Waals surface area (Å²) in [6.45, 7) is 0.226. The van der Waals surface area contributed by atoms with Crippen molar-refractivity contribution in [3.8, 4) is 5.75 Å². The average Bonchev–Trinajstić information content (AvgIpc) is 2.35. The highest BCUT2D eigenvalue weighted by molar-refractivity contribution is 5.68. The Morgan fingerprint density at radius 1 is 1.50 bits per heavy atom. The number of nitrogens with two attached hydrogens (primary N) is 1. The summed E-state index contributed by atoms with van der Waals surface area (Å²) >= 11 is 0. The molecule has 1 rings (SSSR count). The van der Waals surface area contributed by atoms with Crippen LogP contribution in [0.5, 0.6) is 5.75 Å². The van der Waals surface area contributed by atoms with Gasteiger partial charge in [0.25, 0.3) is 0 Å². The quantitative estimate of drug-likeness (QED) is 0.261. The van der Waals surface area contributed by atoms with E-state index in [1.165, 1.54) is 0 Å². The zero-order valence-electron chi connectivity index (χ0n) is 8.70. The molecule has 3 N–H and O–H groups in total. The summed E-state index contributed by atoms with van der Waals surface area (Å²) in [5.74, 6) is 0.329. The molecule has 0 aliphatic heterocycles. The Bertz CT molecular complexity index is 400. The van der Waals surface area contributed by atoms with Crippen LogP contribution in [0.2, 0.25) is 0 Å². The van der Waals surface area contributed by atoms with E-state index < -0.39 is 5.96 Å². The van der Waals surface area contributed by atoms with Gasteiger partial charge in [0, 0.05) is 0 Å². The third-order valence-electron chi connectivity index (χ3n) is 1.86. The molecule has 0 radical (unpaired) electrons. The number of guanidine groups is 1. The molecule has 0 atom stereocenters. The Morgan fingerprint density at radius 2 is 2.12 bits per heavy atom. The van der Waals surface area contributed by atoms with Crippen LogP contribution in [-0.4, -0.2) is 23.1 Å². The zero-order valence-corrected chi connectivity index (χ0v) is 8.70. The molecule has 0 aliphatic rings. The van der Waals surface area contributed by atoms with Crippen LogP contribution in [0.3, 0.4) is 0 Å². The van der Waals surface area contributed by atoms with E-state index >= 15 is 0 Å². The average molecular weight is 224 g/mol. The molecule has 0 fully saturated rings. The summed E-state index contributed by atoms with van der Waals surface area (Å²) in [6, 6.07) is 7.13. The van der Waals surface area contributed by atoms with Gasteiger partial charge in [0.05, 0.1) is 12.4 Å². The monoisotopic (exact) mass is 224 g/mol. The molecule has 0 aliphatic carbocycles. The van der Waals surface area contributed by atoms with Crippen LogP contribution in [0, 0.1) is 5.21 Å². The fraction of sp³-hybridized carbons (Fsp3) is 0.222. The molecule has 1 aromatic rings. The maximum atomic E-state index is 10.7. The van der Waals surface area contributed by atoms with Crippen molar-refractivity contribution in [3.05, 3.63) is 35.0 Å². The smallest absolute Gasteiger partial charge is 0.407 e. The van der Waals surface area contributed by atoms with Gasteiger partial charge in [-0.1, -0.05) is 12.1 Å². The van der Waals surface area contributed by atoms with Gasteiger partial charge < -0.3 is 15.2 Å². The molecule has 0 bridgehead atoms. The normalized spacial score (nSPS) is 12.6. The zero-order chi connectivity index (χ0) is 12.0. The van der Waals surface area contributed by atoms with Gasteiger partial charge in [-0.05, 0) is 17.7 Å². The first-order valence-electron chi connectivity index (χ1n) is 4.42. The lowest BCUT2D eigenvalue weighted by molar-refractivity contribution is -0.446. The van der Waals surface area contributed by atoms with E-state index in [1.807, 2.05) is 0 Å². The van der Waals surface area contributed by atoms with Crippen LogP contribution in [0.15, 0.2) is 34.5 Å². The van der Waals surface area contributed by atoms with Crippen LogP contribution in [0.1, 0.15) is 5.56 Å². The molecule has 0 spiro atoms. The van der Waals surface area contributed by atoms with E-state index in [-0.39, 0.29) is 11.4 Å². The predicted octanol–water partition coefficient (Wildman–Crippen LogP) is 0.862. The minimum absolute atomic E-state index is 0.163. The first-order valence-corrected chi connectivity index (χ1v) is 4.42. The Hall–Kier alpha value is -2.31. The molecule has 0 amide bonds. The summed E-state index contributed by atoms with van der Waals surface area (Å²) < 4.78 is 4.98. The standard InChI is InChI=1S/C9H12N4O3/c1-16-8-4-2-7(3-5-8)6-11-9(10)13(15)12-14/h2-5,14H,6H2,1H3,(H2,10,11)/b13-12-. The predicted molar refractivity (Wildman–Crippen MR) is 56.2 cm³/mol. The van der Waals surface area contributed by atoms with Gasteiger partial charge in [-0.3, -0.25) is 5.73 Å². The summed E-state index contributed by atoms with van der Waals surface area (Å²) in [5, 5.41) is 21.1. The number of benzene rings is 1. The maximum Gasteiger partial charge on any atom is 0.407 e. The molecule has 7 nitrogen and oxygen atoms in total. The second-order valence-corrected chi connectivity index (χ2v) is 2.88. The number of methoxy groups -OCH3 is 1. The van der Waals surface area contributed by atoms with Crippen molar-refractivity contribution >= 4 is 5.96 Å². The van der Waals surface area contributed by atoms with Crippen molar-refractivity contribution in [1.29, 1.82) is 0 Å². The maximum absolute atomic E-state index is 10.7. The van der Waals surface area contributed by atoms with Crippen LogP contribution < -0.4 is 10.5 Å². The van der Waals surface area contributed by atoms with E-state index in [0.29, 0.717) is 0 Å². The van der Waals surface area contributed by atoms with Crippen molar-refractivity contribution in [3.63, 3.8) is 0 Å². The van der Waals surface area contributed by atoms with E-state index in [9.17, 15) is 5.21 Å². The first kappa shape index (κ1) is 11.8. The molecule has 0 saturated carbocycles. The molecule has 16 heavy (non-hydrogen) atoms. The van der Waals surface area contributed by atoms with Gasteiger partial charge in [-0.2, -0.15) is 0 Å². The summed E-state index contributed by atoms with van der Waals surface area (Å²) in [5.41, 5.74) is 6.07. The van der Waals surface area contributed by atoms with E-state index in [0.717, 1.165) is 11.3 Å². The molecular formula is C9H12N4O3. The Morgan fingerprint density at radius 3 is 2.62 bits per heavy atom. The fourth-order valence-corrected chi connectivity index (χ4v) is 1.01. The molecule has 0 unspecified atom stereocenters. The number of hydrogen-bond donors (Lipinski definition) is 2. The molecule has 7 heteroatoms. The van der Waals surface area contributed by atoms with Gasteiger partial charge in [0.1, 0.15) is 12.3 Å². The number of nitrogens with zero attached hydrogens (tertiary/aromatic N) is 3. The number of hydrogen-bond acceptors (Lipinski definition) is 4. The van der Waals surface area contributed by atoms with E-state index in [2.05, 4.69) is 10.3 Å². The summed E-state index contributed by atoms with van der Waals surface area (Å²) in [4.78, 5) is 3.57. The summed E-state index contributed by atoms with van der Waals surface area (Å²) in [6.07, 6.45) is 0. The molecule has 0 saturated heterocycles. The highest BCUT2D eigenvalue weighted by Crippen LogP contribution is 2.11. The van der Waals surface area contributed by atoms with Gasteiger partial charge in [0.2, 0.25) is 0 Å². The van der Waals surface area contributed by atoms with Crippen LogP contribution in [0.25, 0.3) is 0 Å². The minimum Gasteiger partial charge on any atom is -0.719 e. The van der Waals surface area contributed by atoms with E-state index in [1.54, 1.807) is 31.4 Å². The highest BCUT2D eigenvalue weighted by Gasteiger charge is 2.02. The lowest BCUT2D eigenvalue weighted by Gasteiger charge is -2.01.